The Morgan fingerprint density at radius 2 is 1.88 bits per heavy atom. The number of nitrogens with one attached hydrogen (secondary N) is 1. The lowest BCUT2D eigenvalue weighted by molar-refractivity contribution is 0.0949. The third-order valence-corrected chi connectivity index (χ3v) is 7.86. The van der Waals surface area contributed by atoms with Crippen LogP contribution in [0.5, 0.6) is 0 Å². The van der Waals surface area contributed by atoms with Gasteiger partial charge in [-0.2, -0.15) is 4.31 Å². The molecular formula is C16H24N2O5S2. The van der Waals surface area contributed by atoms with E-state index in [4.69, 9.17) is 0 Å². The fourth-order valence-corrected chi connectivity index (χ4v) is 5.86. The van der Waals surface area contributed by atoms with Crippen molar-refractivity contribution in [1.29, 1.82) is 0 Å². The zero-order valence-corrected chi connectivity index (χ0v) is 16.2. The summed E-state index contributed by atoms with van der Waals surface area (Å²) in [6, 6.07) is 5.12. The smallest absolute Gasteiger partial charge is 0.251 e. The molecule has 1 aromatic rings. The predicted octanol–water partition coefficient (Wildman–Crippen LogP) is 0.880. The van der Waals surface area contributed by atoms with Gasteiger partial charge in [-0.3, -0.25) is 4.79 Å². The largest absolute Gasteiger partial charge is 0.352 e. The SMILES string of the molecule is CC(C)CNC(=O)c1ccc(S(=O)(=O)N(C)C2CCS(=O)(=O)C2)cc1. The lowest BCUT2D eigenvalue weighted by Crippen LogP contribution is -2.37. The van der Waals surface area contributed by atoms with Crippen LogP contribution in [0.1, 0.15) is 30.6 Å². The summed E-state index contributed by atoms with van der Waals surface area (Å²) in [5.74, 6) is -0.0851. The van der Waals surface area contributed by atoms with Crippen LogP contribution in [0.25, 0.3) is 0 Å². The van der Waals surface area contributed by atoms with Crippen molar-refractivity contribution in [2.45, 2.75) is 31.2 Å². The number of hydrogen-bond donors (Lipinski definition) is 1. The Kier molecular flexibility index (Phi) is 5.90. The van der Waals surface area contributed by atoms with Crippen LogP contribution in [0.15, 0.2) is 29.2 Å². The van der Waals surface area contributed by atoms with Gasteiger partial charge in [0.2, 0.25) is 10.0 Å². The standard InChI is InChI=1S/C16H24N2O5S2/c1-12(2)10-17-16(19)13-4-6-15(7-5-13)25(22,23)18(3)14-8-9-24(20,21)11-14/h4-7,12,14H,8-11H2,1-3H3,(H,17,19). The van der Waals surface area contributed by atoms with Gasteiger partial charge in [-0.1, -0.05) is 13.8 Å². The summed E-state index contributed by atoms with van der Waals surface area (Å²) in [4.78, 5) is 12.0. The molecule has 1 saturated heterocycles. The summed E-state index contributed by atoms with van der Waals surface area (Å²) in [6.45, 7) is 4.50. The number of amides is 1. The number of hydrogen-bond acceptors (Lipinski definition) is 5. The minimum atomic E-state index is -3.80. The maximum absolute atomic E-state index is 12.7. The number of carbonyl (C=O) groups excluding carboxylic acids is 1. The molecule has 0 bridgehead atoms. The molecule has 0 radical (unpaired) electrons. The second kappa shape index (κ2) is 7.43. The van der Waals surface area contributed by atoms with Gasteiger partial charge in [0.15, 0.2) is 9.84 Å². The molecule has 0 aliphatic carbocycles. The zero-order valence-electron chi connectivity index (χ0n) is 14.6. The Morgan fingerprint density at radius 3 is 2.36 bits per heavy atom. The van der Waals surface area contributed by atoms with Gasteiger partial charge in [0.05, 0.1) is 16.4 Å². The maximum Gasteiger partial charge on any atom is 0.251 e. The number of sulfone groups is 1. The number of nitrogens with zero attached hydrogens (tertiary/aromatic N) is 1. The summed E-state index contributed by atoms with van der Waals surface area (Å²) in [5.41, 5.74) is 0.380. The molecule has 1 fully saturated rings. The topological polar surface area (TPSA) is 101 Å². The number of rotatable bonds is 6. The molecule has 0 aromatic heterocycles. The molecule has 1 atom stereocenters. The van der Waals surface area contributed by atoms with Crippen molar-refractivity contribution in [3.8, 4) is 0 Å². The normalized spacial score (nSPS) is 20.1. The molecule has 9 heteroatoms. The third kappa shape index (κ3) is 4.80. The van der Waals surface area contributed by atoms with E-state index >= 15 is 0 Å². The molecule has 1 heterocycles. The van der Waals surface area contributed by atoms with Gasteiger partial charge >= 0.3 is 0 Å². The molecule has 0 spiro atoms. The van der Waals surface area contributed by atoms with Crippen molar-refractivity contribution < 1.29 is 21.6 Å². The zero-order chi connectivity index (χ0) is 18.8. The van der Waals surface area contributed by atoms with Gasteiger partial charge in [-0.25, -0.2) is 16.8 Å². The average molecular weight is 389 g/mol. The van der Waals surface area contributed by atoms with E-state index in [2.05, 4.69) is 5.32 Å². The first-order valence-corrected chi connectivity index (χ1v) is 11.4. The molecule has 7 nitrogen and oxygen atoms in total. The van der Waals surface area contributed by atoms with Crippen molar-refractivity contribution in [3.63, 3.8) is 0 Å². The van der Waals surface area contributed by atoms with Crippen LogP contribution in [0.4, 0.5) is 0 Å². The monoisotopic (exact) mass is 388 g/mol. The van der Waals surface area contributed by atoms with Crippen LogP contribution in [0, 0.1) is 5.92 Å². The summed E-state index contributed by atoms with van der Waals surface area (Å²) >= 11 is 0. The third-order valence-electron chi connectivity index (χ3n) is 4.19. The minimum Gasteiger partial charge on any atom is -0.352 e. The quantitative estimate of drug-likeness (QED) is 0.780. The molecule has 1 aromatic carbocycles. The second-order valence-corrected chi connectivity index (χ2v) is 10.9. The summed E-state index contributed by atoms with van der Waals surface area (Å²) in [5, 5.41) is 2.77. The highest BCUT2D eigenvalue weighted by Crippen LogP contribution is 2.23. The van der Waals surface area contributed by atoms with Crippen LogP contribution < -0.4 is 5.32 Å². The van der Waals surface area contributed by atoms with Crippen molar-refractivity contribution >= 4 is 25.8 Å². The lowest BCUT2D eigenvalue weighted by atomic mass is 10.2. The van der Waals surface area contributed by atoms with E-state index in [0.29, 0.717) is 24.4 Å². The van der Waals surface area contributed by atoms with Crippen LogP contribution in [0.3, 0.4) is 0 Å². The van der Waals surface area contributed by atoms with E-state index in [9.17, 15) is 21.6 Å². The van der Waals surface area contributed by atoms with Crippen LogP contribution >= 0.6 is 0 Å². The van der Waals surface area contributed by atoms with E-state index in [1.807, 2.05) is 13.8 Å². The molecule has 1 unspecified atom stereocenters. The van der Waals surface area contributed by atoms with Crippen LogP contribution in [-0.4, -0.2) is 58.2 Å². The predicted molar refractivity (Wildman–Crippen MR) is 95.6 cm³/mol. The van der Waals surface area contributed by atoms with Crippen LogP contribution in [-0.2, 0) is 19.9 Å². The molecule has 25 heavy (non-hydrogen) atoms. The maximum atomic E-state index is 12.7. The van der Waals surface area contributed by atoms with E-state index in [1.165, 1.54) is 31.3 Å². The number of carbonyl (C=O) groups is 1. The number of sulfonamides is 1. The Hall–Kier alpha value is -1.45. The highest BCUT2D eigenvalue weighted by atomic mass is 32.2. The van der Waals surface area contributed by atoms with E-state index < -0.39 is 25.9 Å². The van der Waals surface area contributed by atoms with Gasteiger partial charge in [-0.15, -0.1) is 0 Å². The van der Waals surface area contributed by atoms with E-state index in [0.717, 1.165) is 4.31 Å². The molecule has 1 aliphatic heterocycles. The minimum absolute atomic E-state index is 0.00644. The molecule has 1 aliphatic rings. The Balaban J connectivity index is 2.13. The first kappa shape index (κ1) is 19.9. The molecular weight excluding hydrogens is 364 g/mol. The van der Waals surface area contributed by atoms with Crippen LogP contribution in [0.2, 0.25) is 0 Å². The highest BCUT2D eigenvalue weighted by molar-refractivity contribution is 7.92. The van der Waals surface area contributed by atoms with Crippen molar-refractivity contribution in [1.82, 2.24) is 9.62 Å². The number of benzene rings is 1. The first-order chi connectivity index (χ1) is 11.5. The molecule has 0 saturated carbocycles. The second-order valence-electron chi connectivity index (χ2n) is 6.71. The Labute approximate surface area is 149 Å². The molecule has 2 rings (SSSR count). The van der Waals surface area contributed by atoms with Gasteiger partial charge in [0.25, 0.3) is 5.91 Å². The molecule has 140 valence electrons. The average Bonchev–Trinajstić information content (AvgIpc) is 2.91. The van der Waals surface area contributed by atoms with E-state index in [-0.39, 0.29) is 22.3 Å². The highest BCUT2D eigenvalue weighted by Gasteiger charge is 2.36. The lowest BCUT2D eigenvalue weighted by Gasteiger charge is -2.22. The summed E-state index contributed by atoms with van der Waals surface area (Å²) in [6.07, 6.45) is 0.299. The van der Waals surface area contributed by atoms with Gasteiger partial charge < -0.3 is 5.32 Å². The van der Waals surface area contributed by atoms with Gasteiger partial charge in [0, 0.05) is 25.2 Å². The fraction of sp³-hybridized carbons (Fsp3) is 0.562. The fourth-order valence-electron chi connectivity index (χ4n) is 2.60. The van der Waals surface area contributed by atoms with Gasteiger partial charge in [0.1, 0.15) is 0 Å². The van der Waals surface area contributed by atoms with Crippen molar-refractivity contribution in [3.05, 3.63) is 29.8 Å². The summed E-state index contributed by atoms with van der Waals surface area (Å²) in [7, 11) is -5.58. The van der Waals surface area contributed by atoms with Gasteiger partial charge in [-0.05, 0) is 36.6 Å². The molecule has 1 N–H and O–H groups in total. The summed E-state index contributed by atoms with van der Waals surface area (Å²) < 4.78 is 49.6. The Morgan fingerprint density at radius 1 is 1.28 bits per heavy atom. The van der Waals surface area contributed by atoms with E-state index in [1.54, 1.807) is 0 Å². The first-order valence-electron chi connectivity index (χ1n) is 8.09. The van der Waals surface area contributed by atoms with Crippen molar-refractivity contribution in [2.75, 3.05) is 25.1 Å². The van der Waals surface area contributed by atoms with Crippen molar-refractivity contribution in [2.24, 2.45) is 5.92 Å². The Bertz CT molecular complexity index is 830. The molecule has 1 amide bonds.